The number of benzene rings is 2. The molecule has 0 unspecified atom stereocenters. The van der Waals surface area contributed by atoms with Crippen LogP contribution in [0, 0.1) is 18.2 Å². The number of carbonyl (C=O) groups excluding carboxylic acids is 1. The average molecular weight is 312 g/mol. The van der Waals surface area contributed by atoms with Gasteiger partial charge in [-0.05, 0) is 29.8 Å². The zero-order chi connectivity index (χ0) is 16.7. The second kappa shape index (κ2) is 7.85. The van der Waals surface area contributed by atoms with E-state index in [-0.39, 0.29) is 5.82 Å². The molecule has 0 fully saturated rings. The Morgan fingerprint density at radius 1 is 1.26 bits per heavy atom. The summed E-state index contributed by atoms with van der Waals surface area (Å²) >= 11 is 0. The van der Waals surface area contributed by atoms with Crippen LogP contribution in [-0.2, 0) is 11.3 Å². The van der Waals surface area contributed by atoms with Gasteiger partial charge in [0.25, 0.3) is 0 Å². The molecule has 0 heterocycles. The number of hydrogen-bond donors (Lipinski definition) is 1. The molecule has 5 heteroatoms. The van der Waals surface area contributed by atoms with Crippen molar-refractivity contribution in [2.24, 2.45) is 0 Å². The van der Waals surface area contributed by atoms with E-state index in [1.807, 2.05) is 17.0 Å². The summed E-state index contributed by atoms with van der Waals surface area (Å²) in [5, 5.41) is 2.66. The third-order valence-corrected chi connectivity index (χ3v) is 3.24. The van der Waals surface area contributed by atoms with Crippen molar-refractivity contribution in [2.75, 3.05) is 23.9 Å². The minimum absolute atomic E-state index is 0.287. The molecule has 0 aliphatic rings. The fourth-order valence-electron chi connectivity index (χ4n) is 2.16. The molecule has 0 aromatic heterocycles. The fraction of sp³-hybridized carbons (Fsp3) is 0.167. The number of ether oxygens (including phenoxy) is 1. The highest BCUT2D eigenvalue weighted by molar-refractivity contribution is 5.89. The summed E-state index contributed by atoms with van der Waals surface area (Å²) in [6.07, 6.45) is 4.90. The van der Waals surface area contributed by atoms with E-state index in [1.54, 1.807) is 24.3 Å². The Balaban J connectivity index is 2.28. The standard InChI is InChI=1S/C18H17FN2O2/c1-3-12-21(13-14-8-10-15(19)11-9-14)17-7-5-4-6-16(17)20-18(22)23-2/h1,4-11H,12-13H2,2H3,(H,20,22). The van der Waals surface area contributed by atoms with Gasteiger partial charge in [-0.15, -0.1) is 6.42 Å². The molecule has 1 amide bonds. The van der Waals surface area contributed by atoms with Crippen molar-refractivity contribution in [3.05, 3.63) is 59.9 Å². The number of halogens is 1. The average Bonchev–Trinajstić information content (AvgIpc) is 2.57. The smallest absolute Gasteiger partial charge is 0.411 e. The summed E-state index contributed by atoms with van der Waals surface area (Å²) < 4.78 is 17.7. The van der Waals surface area contributed by atoms with Gasteiger partial charge in [0.2, 0.25) is 0 Å². The molecule has 118 valence electrons. The largest absolute Gasteiger partial charge is 0.453 e. The van der Waals surface area contributed by atoms with Crippen molar-refractivity contribution in [1.82, 2.24) is 0 Å². The normalized spacial score (nSPS) is 9.78. The Morgan fingerprint density at radius 2 is 1.96 bits per heavy atom. The number of nitrogens with zero attached hydrogens (tertiary/aromatic N) is 1. The van der Waals surface area contributed by atoms with Crippen molar-refractivity contribution in [3.63, 3.8) is 0 Å². The first kappa shape index (κ1) is 16.4. The zero-order valence-electron chi connectivity index (χ0n) is 12.8. The van der Waals surface area contributed by atoms with Gasteiger partial charge in [-0.25, -0.2) is 9.18 Å². The van der Waals surface area contributed by atoms with Crippen LogP contribution < -0.4 is 10.2 Å². The first-order valence-electron chi connectivity index (χ1n) is 7.01. The highest BCUT2D eigenvalue weighted by atomic mass is 19.1. The van der Waals surface area contributed by atoms with Crippen LogP contribution in [0.2, 0.25) is 0 Å². The van der Waals surface area contributed by atoms with Crippen LogP contribution in [0.25, 0.3) is 0 Å². The number of hydrogen-bond acceptors (Lipinski definition) is 3. The van der Waals surface area contributed by atoms with Gasteiger partial charge < -0.3 is 9.64 Å². The molecule has 2 aromatic rings. The SMILES string of the molecule is C#CCN(Cc1ccc(F)cc1)c1ccccc1NC(=O)OC. The van der Waals surface area contributed by atoms with Crippen LogP contribution in [0.15, 0.2) is 48.5 Å². The van der Waals surface area contributed by atoms with Crippen molar-refractivity contribution < 1.29 is 13.9 Å². The summed E-state index contributed by atoms with van der Waals surface area (Å²) in [4.78, 5) is 13.4. The van der Waals surface area contributed by atoms with E-state index in [2.05, 4.69) is 16.0 Å². The second-order valence-electron chi connectivity index (χ2n) is 4.82. The van der Waals surface area contributed by atoms with E-state index in [1.165, 1.54) is 19.2 Å². The van der Waals surface area contributed by atoms with Crippen LogP contribution in [0.4, 0.5) is 20.6 Å². The molecule has 0 bridgehead atoms. The third kappa shape index (κ3) is 4.48. The van der Waals surface area contributed by atoms with Crippen molar-refractivity contribution in [1.29, 1.82) is 0 Å². The minimum atomic E-state index is -0.556. The van der Waals surface area contributed by atoms with Gasteiger partial charge in [0.15, 0.2) is 0 Å². The van der Waals surface area contributed by atoms with Crippen molar-refractivity contribution in [3.8, 4) is 12.3 Å². The number of rotatable bonds is 5. The molecule has 4 nitrogen and oxygen atoms in total. The maximum Gasteiger partial charge on any atom is 0.411 e. The number of anilines is 2. The van der Waals surface area contributed by atoms with E-state index in [0.29, 0.717) is 18.8 Å². The summed E-state index contributed by atoms with van der Waals surface area (Å²) in [7, 11) is 1.30. The van der Waals surface area contributed by atoms with E-state index in [0.717, 1.165) is 11.3 Å². The molecule has 23 heavy (non-hydrogen) atoms. The van der Waals surface area contributed by atoms with Gasteiger partial charge in [0.05, 0.1) is 25.0 Å². The van der Waals surface area contributed by atoms with Crippen LogP contribution in [0.1, 0.15) is 5.56 Å². The Morgan fingerprint density at radius 3 is 2.61 bits per heavy atom. The second-order valence-corrected chi connectivity index (χ2v) is 4.82. The van der Waals surface area contributed by atoms with Gasteiger partial charge >= 0.3 is 6.09 Å². The summed E-state index contributed by atoms with van der Waals surface area (Å²) in [5.41, 5.74) is 2.27. The monoisotopic (exact) mass is 312 g/mol. The lowest BCUT2D eigenvalue weighted by atomic mass is 10.1. The first-order chi connectivity index (χ1) is 11.1. The zero-order valence-corrected chi connectivity index (χ0v) is 12.8. The molecule has 0 radical (unpaired) electrons. The molecule has 0 aliphatic heterocycles. The minimum Gasteiger partial charge on any atom is -0.453 e. The van der Waals surface area contributed by atoms with Crippen LogP contribution in [-0.4, -0.2) is 19.7 Å². The highest BCUT2D eigenvalue weighted by Gasteiger charge is 2.13. The molecule has 1 N–H and O–H groups in total. The molecule has 0 saturated heterocycles. The van der Waals surface area contributed by atoms with Gasteiger partial charge in [0.1, 0.15) is 5.82 Å². The summed E-state index contributed by atoms with van der Waals surface area (Å²) in [6.45, 7) is 0.835. The molecular formula is C18H17FN2O2. The van der Waals surface area contributed by atoms with Crippen LogP contribution >= 0.6 is 0 Å². The summed E-state index contributed by atoms with van der Waals surface area (Å²) in [5.74, 6) is 2.31. The van der Waals surface area contributed by atoms with E-state index < -0.39 is 6.09 Å². The maximum absolute atomic E-state index is 13.0. The molecule has 0 saturated carbocycles. The Hall–Kier alpha value is -3.00. The lowest BCUT2D eigenvalue weighted by Crippen LogP contribution is -2.25. The quantitative estimate of drug-likeness (QED) is 0.857. The molecule has 0 atom stereocenters. The van der Waals surface area contributed by atoms with E-state index >= 15 is 0 Å². The van der Waals surface area contributed by atoms with Crippen molar-refractivity contribution in [2.45, 2.75) is 6.54 Å². The topological polar surface area (TPSA) is 41.6 Å². The van der Waals surface area contributed by atoms with E-state index in [9.17, 15) is 9.18 Å². The van der Waals surface area contributed by atoms with Gasteiger partial charge in [-0.1, -0.05) is 30.2 Å². The van der Waals surface area contributed by atoms with Crippen molar-refractivity contribution >= 4 is 17.5 Å². The Labute approximate surface area is 134 Å². The number of carbonyl (C=O) groups is 1. The maximum atomic E-state index is 13.0. The van der Waals surface area contributed by atoms with Crippen LogP contribution in [0.5, 0.6) is 0 Å². The fourth-order valence-corrected chi connectivity index (χ4v) is 2.16. The Bertz CT molecular complexity index is 708. The molecule has 2 aromatic carbocycles. The number of nitrogens with one attached hydrogen (secondary N) is 1. The summed E-state index contributed by atoms with van der Waals surface area (Å²) in [6, 6.07) is 13.5. The first-order valence-corrected chi connectivity index (χ1v) is 7.01. The lowest BCUT2D eigenvalue weighted by Gasteiger charge is -2.25. The number of amides is 1. The number of terminal acetylenes is 1. The third-order valence-electron chi connectivity index (χ3n) is 3.24. The Kier molecular flexibility index (Phi) is 5.59. The van der Waals surface area contributed by atoms with Gasteiger partial charge in [-0.3, -0.25) is 5.32 Å². The highest BCUT2D eigenvalue weighted by Crippen LogP contribution is 2.27. The number of para-hydroxylation sites is 2. The molecule has 0 aliphatic carbocycles. The van der Waals surface area contributed by atoms with E-state index in [4.69, 9.17) is 6.42 Å². The van der Waals surface area contributed by atoms with Crippen LogP contribution in [0.3, 0.4) is 0 Å². The van der Waals surface area contributed by atoms with Gasteiger partial charge in [-0.2, -0.15) is 0 Å². The molecular weight excluding hydrogens is 295 g/mol. The molecule has 0 spiro atoms. The lowest BCUT2D eigenvalue weighted by molar-refractivity contribution is 0.187. The molecule has 2 rings (SSSR count). The number of methoxy groups -OCH3 is 1. The predicted octanol–water partition coefficient (Wildman–Crippen LogP) is 3.64. The van der Waals surface area contributed by atoms with Gasteiger partial charge in [0, 0.05) is 6.54 Å². The predicted molar refractivity (Wildman–Crippen MR) is 88.8 cm³/mol.